The molecular weight excluding hydrogens is 120 g/mol. The van der Waals surface area contributed by atoms with Crippen LogP contribution in [0, 0.1) is 0 Å². The van der Waals surface area contributed by atoms with Crippen molar-refractivity contribution < 1.29 is 5.11 Å². The topological polar surface area (TPSA) is 20.2 Å². The average molecular weight is 128 g/mol. The minimum atomic E-state index is 0.0141. The third kappa shape index (κ3) is 5.37. The quantitative estimate of drug-likeness (QED) is 0.331. The average Bonchev–Trinajstić information content (AvgIpc) is 1.61. The highest BCUT2D eigenvalue weighted by Gasteiger charge is 1.75. The van der Waals surface area contributed by atoms with Gasteiger partial charge < -0.3 is 5.11 Å². The van der Waals surface area contributed by atoms with E-state index in [-0.39, 0.29) is 5.76 Å². The number of thiol groups is 1. The van der Waals surface area contributed by atoms with Crippen LogP contribution in [0.1, 0.15) is 0 Å². The van der Waals surface area contributed by atoms with Crippen LogP contribution in [0.3, 0.4) is 0 Å². The second kappa shape index (κ2) is 3.38. The third-order valence-electron chi connectivity index (χ3n) is 0.468. The number of aliphatic hydroxyl groups is 1. The van der Waals surface area contributed by atoms with Crippen molar-refractivity contribution in [3.8, 4) is 0 Å². The summed E-state index contributed by atoms with van der Waals surface area (Å²) < 4.78 is 0. The lowest BCUT2D eigenvalue weighted by Gasteiger charge is -1.83. The zero-order chi connectivity index (χ0) is 6.57. The van der Waals surface area contributed by atoms with Gasteiger partial charge in [0.15, 0.2) is 0 Å². The van der Waals surface area contributed by atoms with Crippen LogP contribution >= 0.6 is 12.6 Å². The normalized spacial score (nSPS) is 9.62. The maximum Gasteiger partial charge on any atom is 0.108 e. The summed E-state index contributed by atoms with van der Waals surface area (Å²) in [5.41, 5.74) is 0. The fourth-order valence-electron chi connectivity index (χ4n) is 0.192. The summed E-state index contributed by atoms with van der Waals surface area (Å²) in [6, 6.07) is 0. The van der Waals surface area contributed by atoms with Gasteiger partial charge in [-0.15, -0.1) is 12.6 Å². The molecule has 44 valence electrons. The molecule has 0 amide bonds. The molecule has 0 aliphatic heterocycles. The molecule has 0 saturated heterocycles. The second-order valence-corrected chi connectivity index (χ2v) is 1.89. The molecule has 0 spiro atoms. The molecule has 0 bridgehead atoms. The first-order chi connectivity index (χ1) is 3.63. The van der Waals surface area contributed by atoms with E-state index in [9.17, 15) is 0 Å². The van der Waals surface area contributed by atoms with E-state index in [1.165, 1.54) is 6.08 Å². The molecule has 1 nitrogen and oxygen atoms in total. The highest BCUT2D eigenvalue weighted by atomic mass is 32.1. The molecule has 0 aromatic rings. The molecule has 2 heteroatoms. The Morgan fingerprint density at radius 1 is 1.38 bits per heavy atom. The van der Waals surface area contributed by atoms with Gasteiger partial charge in [-0.25, -0.2) is 0 Å². The van der Waals surface area contributed by atoms with Gasteiger partial charge >= 0.3 is 0 Å². The highest BCUT2D eigenvalue weighted by molar-refractivity contribution is 7.84. The molecule has 0 aromatic carbocycles. The molecular formula is C6H8OS. The summed E-state index contributed by atoms with van der Waals surface area (Å²) >= 11 is 3.84. The van der Waals surface area contributed by atoms with E-state index in [1.54, 1.807) is 6.08 Å². The predicted molar refractivity (Wildman–Crippen MR) is 39.0 cm³/mol. The van der Waals surface area contributed by atoms with E-state index in [4.69, 9.17) is 5.11 Å². The van der Waals surface area contributed by atoms with Gasteiger partial charge in [0.05, 0.1) is 0 Å². The predicted octanol–water partition coefficient (Wildman–Crippen LogP) is 2.06. The fraction of sp³-hybridized carbons (Fsp3) is 0. The second-order valence-electron chi connectivity index (χ2n) is 1.32. The SMILES string of the molecule is C=C(O)/C=C\C(=C)S. The standard InChI is InChI=1S/C6H8OS/c1-5(7)3-4-6(2)8/h3-4,7-8H,1-2H2/b4-3-. The van der Waals surface area contributed by atoms with Crippen molar-refractivity contribution in [2.24, 2.45) is 0 Å². The van der Waals surface area contributed by atoms with Crippen LogP contribution in [-0.4, -0.2) is 5.11 Å². The maximum atomic E-state index is 8.44. The Labute approximate surface area is 54.4 Å². The molecule has 0 radical (unpaired) electrons. The van der Waals surface area contributed by atoms with Gasteiger partial charge in [0, 0.05) is 0 Å². The smallest absolute Gasteiger partial charge is 0.108 e. The van der Waals surface area contributed by atoms with Gasteiger partial charge in [-0.2, -0.15) is 0 Å². The van der Waals surface area contributed by atoms with Crippen LogP contribution in [0.15, 0.2) is 36.0 Å². The minimum Gasteiger partial charge on any atom is -0.509 e. The summed E-state index contributed by atoms with van der Waals surface area (Å²) in [6.45, 7) is 6.67. The summed E-state index contributed by atoms with van der Waals surface area (Å²) in [6.07, 6.45) is 2.99. The molecule has 8 heavy (non-hydrogen) atoms. The van der Waals surface area contributed by atoms with Gasteiger partial charge in [-0.1, -0.05) is 13.2 Å². The Morgan fingerprint density at radius 3 is 2.00 bits per heavy atom. The zero-order valence-corrected chi connectivity index (χ0v) is 5.36. The van der Waals surface area contributed by atoms with E-state index in [2.05, 4.69) is 25.8 Å². The molecule has 0 aliphatic rings. The van der Waals surface area contributed by atoms with E-state index >= 15 is 0 Å². The summed E-state index contributed by atoms with van der Waals surface area (Å²) in [7, 11) is 0. The van der Waals surface area contributed by atoms with Gasteiger partial charge in [0.2, 0.25) is 0 Å². The third-order valence-corrected chi connectivity index (χ3v) is 0.617. The van der Waals surface area contributed by atoms with Crippen LogP contribution in [0.25, 0.3) is 0 Å². The van der Waals surface area contributed by atoms with E-state index in [0.717, 1.165) is 0 Å². The molecule has 0 heterocycles. The molecule has 0 atom stereocenters. The maximum absolute atomic E-state index is 8.44. The van der Waals surface area contributed by atoms with Crippen molar-refractivity contribution in [2.45, 2.75) is 0 Å². The lowest BCUT2D eigenvalue weighted by molar-refractivity contribution is 0.435. The Bertz CT molecular complexity index is 119. The Kier molecular flexibility index (Phi) is 3.12. The fourth-order valence-corrected chi connectivity index (χ4v) is 0.267. The summed E-state index contributed by atoms with van der Waals surface area (Å²) in [5.74, 6) is 0.0141. The number of hydrogen-bond acceptors (Lipinski definition) is 2. The van der Waals surface area contributed by atoms with Crippen LogP contribution in [0.2, 0.25) is 0 Å². The molecule has 0 aromatic heterocycles. The van der Waals surface area contributed by atoms with Crippen LogP contribution in [0.5, 0.6) is 0 Å². The zero-order valence-electron chi connectivity index (χ0n) is 4.46. The van der Waals surface area contributed by atoms with Gasteiger partial charge in [0.25, 0.3) is 0 Å². The summed E-state index contributed by atoms with van der Waals surface area (Å²) in [5, 5.41) is 8.44. The number of rotatable bonds is 2. The van der Waals surface area contributed by atoms with E-state index < -0.39 is 0 Å². The molecule has 0 unspecified atom stereocenters. The van der Waals surface area contributed by atoms with Gasteiger partial charge in [0.1, 0.15) is 5.76 Å². The largest absolute Gasteiger partial charge is 0.509 e. The van der Waals surface area contributed by atoms with Crippen LogP contribution in [0.4, 0.5) is 0 Å². The first-order valence-corrected chi connectivity index (χ1v) is 2.51. The first-order valence-electron chi connectivity index (χ1n) is 2.07. The van der Waals surface area contributed by atoms with E-state index in [0.29, 0.717) is 4.91 Å². The lowest BCUT2D eigenvalue weighted by Crippen LogP contribution is -1.65. The van der Waals surface area contributed by atoms with Crippen molar-refractivity contribution in [1.82, 2.24) is 0 Å². The highest BCUT2D eigenvalue weighted by Crippen LogP contribution is 1.98. The van der Waals surface area contributed by atoms with Crippen molar-refractivity contribution in [3.63, 3.8) is 0 Å². The number of hydrogen-bond donors (Lipinski definition) is 2. The Hall–Kier alpha value is -0.630. The van der Waals surface area contributed by atoms with Crippen LogP contribution in [-0.2, 0) is 0 Å². The molecule has 0 fully saturated rings. The van der Waals surface area contributed by atoms with E-state index in [1.807, 2.05) is 0 Å². The van der Waals surface area contributed by atoms with Crippen LogP contribution < -0.4 is 0 Å². The Balaban J connectivity index is 3.67. The van der Waals surface area contributed by atoms with Crippen molar-refractivity contribution in [3.05, 3.63) is 36.0 Å². The minimum absolute atomic E-state index is 0.0141. The van der Waals surface area contributed by atoms with Gasteiger partial charge in [-0.3, -0.25) is 0 Å². The summed E-state index contributed by atoms with van der Waals surface area (Å²) in [4.78, 5) is 0.597. The van der Waals surface area contributed by atoms with Gasteiger partial charge in [-0.05, 0) is 17.1 Å². The van der Waals surface area contributed by atoms with Crippen molar-refractivity contribution >= 4 is 12.6 Å². The number of allylic oxidation sites excluding steroid dienone is 2. The van der Waals surface area contributed by atoms with Crippen molar-refractivity contribution in [1.29, 1.82) is 0 Å². The molecule has 1 N–H and O–H groups in total. The Morgan fingerprint density at radius 2 is 1.88 bits per heavy atom. The molecule has 0 aliphatic carbocycles. The monoisotopic (exact) mass is 128 g/mol. The molecule has 0 rings (SSSR count). The lowest BCUT2D eigenvalue weighted by atomic mass is 10.4. The first kappa shape index (κ1) is 7.37. The number of aliphatic hydroxyl groups excluding tert-OH is 1. The van der Waals surface area contributed by atoms with Crippen molar-refractivity contribution in [2.75, 3.05) is 0 Å². The molecule has 0 saturated carbocycles.